The summed E-state index contributed by atoms with van der Waals surface area (Å²) in [5.74, 6) is -1.75. The number of carboxylic acid groups (broad SMARTS) is 1. The third kappa shape index (κ3) is 5.58. The molecule has 7 nitrogen and oxygen atoms in total. The molecule has 1 saturated heterocycles. The van der Waals surface area contributed by atoms with E-state index in [1.54, 1.807) is 6.07 Å². The Bertz CT molecular complexity index is 1260. The third-order valence-electron chi connectivity index (χ3n) is 6.75. The topological polar surface area (TPSA) is 86.6 Å². The molecule has 5 rings (SSSR count). The number of aliphatic carboxylic acids is 1. The van der Waals surface area contributed by atoms with Crippen LogP contribution in [0.4, 0.5) is 9.52 Å². The lowest BCUT2D eigenvalue weighted by Crippen LogP contribution is -2.35. The maximum absolute atomic E-state index is 14.6. The maximum Gasteiger partial charge on any atom is 0.306 e. The Morgan fingerprint density at radius 2 is 1.81 bits per heavy atom. The van der Waals surface area contributed by atoms with Crippen LogP contribution in [0.2, 0.25) is 5.02 Å². The molecule has 1 aromatic heterocycles. The molecular formula is C26H26ClFN4O3S. The molecule has 1 N–H and O–H groups in total. The van der Waals surface area contributed by atoms with Crippen molar-refractivity contribution in [2.24, 2.45) is 11.8 Å². The molecule has 0 bridgehead atoms. The highest BCUT2D eigenvalue weighted by atomic mass is 35.5. The highest BCUT2D eigenvalue weighted by molar-refractivity contribution is 7.18. The van der Waals surface area contributed by atoms with Crippen LogP contribution in [0.5, 0.6) is 0 Å². The van der Waals surface area contributed by atoms with Gasteiger partial charge in [0.25, 0.3) is 5.91 Å². The molecular weight excluding hydrogens is 503 g/mol. The molecule has 1 amide bonds. The van der Waals surface area contributed by atoms with Crippen molar-refractivity contribution < 1.29 is 19.1 Å². The zero-order chi connectivity index (χ0) is 25.2. The first-order valence-corrected chi connectivity index (χ1v) is 13.2. The first-order valence-electron chi connectivity index (χ1n) is 12.0. The largest absolute Gasteiger partial charge is 0.481 e. The number of amides is 1. The Labute approximate surface area is 217 Å². The van der Waals surface area contributed by atoms with Crippen LogP contribution in [-0.4, -0.2) is 51.7 Å². The predicted octanol–water partition coefficient (Wildman–Crippen LogP) is 5.35. The van der Waals surface area contributed by atoms with Crippen LogP contribution in [0.1, 0.15) is 41.6 Å². The van der Waals surface area contributed by atoms with Crippen molar-refractivity contribution in [3.8, 4) is 10.6 Å². The van der Waals surface area contributed by atoms with E-state index in [4.69, 9.17) is 11.6 Å². The molecule has 36 heavy (non-hydrogen) atoms. The monoisotopic (exact) mass is 528 g/mol. The van der Waals surface area contributed by atoms with Crippen LogP contribution in [0, 0.1) is 17.7 Å². The molecule has 0 radical (unpaired) electrons. The SMILES string of the molecule is O=C(O)C1CCN(Cc2ccc(-c3nnc(N(CC4CC4)C(=O)c4cccc(Cl)c4F)s3)cc2)CC1. The number of halogens is 2. The fraction of sp³-hybridized carbons (Fsp3) is 0.385. The predicted molar refractivity (Wildman–Crippen MR) is 137 cm³/mol. The lowest BCUT2D eigenvalue weighted by Gasteiger charge is -2.30. The van der Waals surface area contributed by atoms with E-state index in [0.29, 0.717) is 35.4 Å². The van der Waals surface area contributed by atoms with Crippen molar-refractivity contribution in [3.63, 3.8) is 0 Å². The second-order valence-electron chi connectivity index (χ2n) is 9.44. The van der Waals surface area contributed by atoms with Gasteiger partial charge < -0.3 is 5.11 Å². The average Bonchev–Trinajstić information content (AvgIpc) is 3.58. The van der Waals surface area contributed by atoms with Crippen LogP contribution >= 0.6 is 22.9 Å². The van der Waals surface area contributed by atoms with Crippen molar-refractivity contribution in [3.05, 3.63) is 64.4 Å². The van der Waals surface area contributed by atoms with Gasteiger partial charge in [0.15, 0.2) is 5.82 Å². The first kappa shape index (κ1) is 24.8. The highest BCUT2D eigenvalue weighted by Gasteiger charge is 2.32. The van der Waals surface area contributed by atoms with E-state index in [1.165, 1.54) is 28.4 Å². The van der Waals surface area contributed by atoms with E-state index in [2.05, 4.69) is 15.1 Å². The van der Waals surface area contributed by atoms with Gasteiger partial charge in [-0.05, 0) is 62.4 Å². The normalized spacial score (nSPS) is 16.7. The summed E-state index contributed by atoms with van der Waals surface area (Å²) >= 11 is 7.21. The Kier molecular flexibility index (Phi) is 7.32. The molecule has 0 spiro atoms. The van der Waals surface area contributed by atoms with E-state index in [9.17, 15) is 19.1 Å². The second-order valence-corrected chi connectivity index (χ2v) is 10.8. The van der Waals surface area contributed by atoms with Gasteiger partial charge in [-0.1, -0.05) is 53.3 Å². The number of anilines is 1. The van der Waals surface area contributed by atoms with Crippen LogP contribution in [0.25, 0.3) is 10.6 Å². The Balaban J connectivity index is 1.29. The van der Waals surface area contributed by atoms with Gasteiger partial charge in [0.05, 0.1) is 16.5 Å². The minimum atomic E-state index is -0.725. The Hall–Kier alpha value is -2.88. The Morgan fingerprint density at radius 3 is 2.47 bits per heavy atom. The summed E-state index contributed by atoms with van der Waals surface area (Å²) in [7, 11) is 0. The summed E-state index contributed by atoms with van der Waals surface area (Å²) in [5, 5.41) is 18.8. The molecule has 3 aromatic rings. The molecule has 2 aliphatic rings. The van der Waals surface area contributed by atoms with Crippen LogP contribution in [0.15, 0.2) is 42.5 Å². The van der Waals surface area contributed by atoms with Crippen LogP contribution in [-0.2, 0) is 11.3 Å². The minimum Gasteiger partial charge on any atom is -0.481 e. The van der Waals surface area contributed by atoms with Gasteiger partial charge in [-0.3, -0.25) is 19.4 Å². The molecule has 10 heteroatoms. The van der Waals surface area contributed by atoms with Crippen molar-refractivity contribution in [1.29, 1.82) is 0 Å². The van der Waals surface area contributed by atoms with E-state index >= 15 is 0 Å². The van der Waals surface area contributed by atoms with Gasteiger partial charge in [0, 0.05) is 18.7 Å². The summed E-state index contributed by atoms with van der Waals surface area (Å²) < 4.78 is 14.6. The molecule has 1 aliphatic heterocycles. The minimum absolute atomic E-state index is 0.0726. The number of carboxylic acids is 1. The number of carbonyl (C=O) groups excluding carboxylic acids is 1. The average molecular weight is 529 g/mol. The second kappa shape index (κ2) is 10.6. The summed E-state index contributed by atoms with van der Waals surface area (Å²) in [5.41, 5.74) is 1.95. The number of rotatable bonds is 8. The number of likely N-dealkylation sites (tertiary alicyclic amines) is 1. The molecule has 188 valence electrons. The summed E-state index contributed by atoms with van der Waals surface area (Å²) in [6, 6.07) is 12.5. The van der Waals surface area contributed by atoms with Gasteiger partial charge in [-0.25, -0.2) is 4.39 Å². The molecule has 0 unspecified atom stereocenters. The van der Waals surface area contributed by atoms with Crippen LogP contribution in [0.3, 0.4) is 0 Å². The van der Waals surface area contributed by atoms with Gasteiger partial charge in [0.2, 0.25) is 5.13 Å². The first-order chi connectivity index (χ1) is 17.4. The van der Waals surface area contributed by atoms with Crippen molar-refractivity contribution in [2.75, 3.05) is 24.5 Å². The van der Waals surface area contributed by atoms with Gasteiger partial charge in [-0.15, -0.1) is 10.2 Å². The molecule has 0 atom stereocenters. The Morgan fingerprint density at radius 1 is 1.08 bits per heavy atom. The van der Waals surface area contributed by atoms with E-state index < -0.39 is 17.7 Å². The number of hydrogen-bond acceptors (Lipinski definition) is 6. The van der Waals surface area contributed by atoms with E-state index in [0.717, 1.165) is 43.6 Å². The summed E-state index contributed by atoms with van der Waals surface area (Å²) in [6.45, 7) is 2.78. The maximum atomic E-state index is 14.6. The van der Waals surface area contributed by atoms with Crippen molar-refractivity contribution >= 4 is 39.9 Å². The fourth-order valence-corrected chi connectivity index (χ4v) is 5.44. The van der Waals surface area contributed by atoms with E-state index in [1.807, 2.05) is 24.3 Å². The number of benzene rings is 2. The lowest BCUT2D eigenvalue weighted by atomic mass is 9.97. The molecule has 1 saturated carbocycles. The van der Waals surface area contributed by atoms with Gasteiger partial charge >= 0.3 is 5.97 Å². The number of aromatic nitrogens is 2. The van der Waals surface area contributed by atoms with E-state index in [-0.39, 0.29) is 16.5 Å². The number of nitrogens with zero attached hydrogens (tertiary/aromatic N) is 4. The number of piperidine rings is 1. The van der Waals surface area contributed by atoms with Crippen molar-refractivity contribution in [1.82, 2.24) is 15.1 Å². The summed E-state index contributed by atoms with van der Waals surface area (Å²) in [4.78, 5) is 28.2. The quantitative estimate of drug-likeness (QED) is 0.424. The standard InChI is InChI=1S/C26H26ClFN4O3S/c27-21-3-1-2-20(22(21)28)24(33)32(15-17-4-5-17)26-30-29-23(36-26)18-8-6-16(7-9-18)14-31-12-10-19(11-13-31)25(34)35/h1-3,6-9,17,19H,4-5,10-15H2,(H,34,35). The molecule has 1 aliphatic carbocycles. The zero-order valence-electron chi connectivity index (χ0n) is 19.6. The number of hydrogen-bond donors (Lipinski definition) is 1. The van der Waals surface area contributed by atoms with Gasteiger partial charge in [-0.2, -0.15) is 0 Å². The fourth-order valence-electron chi connectivity index (χ4n) is 4.41. The van der Waals surface area contributed by atoms with Crippen LogP contribution < -0.4 is 4.90 Å². The number of carbonyl (C=O) groups is 2. The smallest absolute Gasteiger partial charge is 0.306 e. The molecule has 2 heterocycles. The van der Waals surface area contributed by atoms with Gasteiger partial charge in [0.1, 0.15) is 5.01 Å². The summed E-state index contributed by atoms with van der Waals surface area (Å²) in [6.07, 6.45) is 3.41. The van der Waals surface area contributed by atoms with Crippen molar-refractivity contribution in [2.45, 2.75) is 32.2 Å². The highest BCUT2D eigenvalue weighted by Crippen LogP contribution is 2.35. The third-order valence-corrected chi connectivity index (χ3v) is 8.04. The molecule has 2 aromatic carbocycles. The zero-order valence-corrected chi connectivity index (χ0v) is 21.1. The molecule has 2 fully saturated rings. The lowest BCUT2D eigenvalue weighted by molar-refractivity contribution is -0.143.